The van der Waals surface area contributed by atoms with E-state index in [4.69, 9.17) is 0 Å². The SMILES string of the molecule is Cc1ccc(-c2c(C)sc3ncnc(NCCC(=O)N4CC(C)CC(C)C4)c23)cc1. The second-order valence-corrected chi connectivity index (χ2v) is 9.93. The molecule has 1 aromatic carbocycles. The lowest BCUT2D eigenvalue weighted by molar-refractivity contribution is -0.133. The highest BCUT2D eigenvalue weighted by Gasteiger charge is 2.25. The van der Waals surface area contributed by atoms with Gasteiger partial charge in [-0.3, -0.25) is 4.79 Å². The molecule has 2 unspecified atom stereocenters. The molecule has 6 heteroatoms. The zero-order valence-electron chi connectivity index (χ0n) is 18.2. The van der Waals surface area contributed by atoms with Crippen LogP contribution in [0, 0.1) is 25.7 Å². The number of amides is 1. The molecule has 1 aliphatic heterocycles. The Morgan fingerprint density at radius 2 is 1.83 bits per heavy atom. The van der Waals surface area contributed by atoms with E-state index < -0.39 is 0 Å². The number of carbonyl (C=O) groups is 1. The first-order valence-corrected chi connectivity index (χ1v) is 11.6. The number of aromatic nitrogens is 2. The molecule has 5 nitrogen and oxygen atoms in total. The molecule has 158 valence electrons. The predicted molar refractivity (Wildman–Crippen MR) is 125 cm³/mol. The molecule has 0 radical (unpaired) electrons. The molecule has 4 rings (SSSR count). The number of rotatable bonds is 5. The average molecular weight is 423 g/mol. The number of hydrogen-bond acceptors (Lipinski definition) is 5. The molecule has 3 heterocycles. The van der Waals surface area contributed by atoms with Crippen molar-refractivity contribution in [3.63, 3.8) is 0 Å². The third-order valence-electron chi connectivity index (χ3n) is 5.86. The Labute approximate surface area is 182 Å². The summed E-state index contributed by atoms with van der Waals surface area (Å²) in [6.07, 6.45) is 3.30. The highest BCUT2D eigenvalue weighted by atomic mass is 32.1. The van der Waals surface area contributed by atoms with Crippen molar-refractivity contribution >= 4 is 33.3 Å². The lowest BCUT2D eigenvalue weighted by atomic mass is 9.92. The molecule has 1 amide bonds. The van der Waals surface area contributed by atoms with Gasteiger partial charge >= 0.3 is 0 Å². The van der Waals surface area contributed by atoms with Gasteiger partial charge in [-0.15, -0.1) is 11.3 Å². The summed E-state index contributed by atoms with van der Waals surface area (Å²) >= 11 is 1.69. The third kappa shape index (κ3) is 4.33. The van der Waals surface area contributed by atoms with Gasteiger partial charge in [-0.25, -0.2) is 9.97 Å². The van der Waals surface area contributed by atoms with Crippen LogP contribution >= 0.6 is 11.3 Å². The minimum Gasteiger partial charge on any atom is -0.369 e. The summed E-state index contributed by atoms with van der Waals surface area (Å²) in [5, 5.41) is 4.48. The van der Waals surface area contributed by atoms with Gasteiger partial charge in [0.2, 0.25) is 5.91 Å². The Hall–Kier alpha value is -2.47. The van der Waals surface area contributed by atoms with Gasteiger partial charge in [0.15, 0.2) is 0 Å². The molecule has 0 bridgehead atoms. The van der Waals surface area contributed by atoms with Crippen molar-refractivity contribution in [2.75, 3.05) is 25.0 Å². The van der Waals surface area contributed by atoms with Crippen molar-refractivity contribution in [1.29, 1.82) is 0 Å². The minimum absolute atomic E-state index is 0.228. The summed E-state index contributed by atoms with van der Waals surface area (Å²) in [5.74, 6) is 2.20. The first-order chi connectivity index (χ1) is 14.4. The normalized spacial score (nSPS) is 19.3. The summed E-state index contributed by atoms with van der Waals surface area (Å²) in [4.78, 5) is 26.0. The number of thiophene rings is 1. The van der Waals surface area contributed by atoms with Crippen LogP contribution in [-0.4, -0.2) is 40.4 Å². The topological polar surface area (TPSA) is 58.1 Å². The fourth-order valence-electron chi connectivity index (χ4n) is 4.56. The van der Waals surface area contributed by atoms with E-state index >= 15 is 0 Å². The van der Waals surface area contributed by atoms with Gasteiger partial charge in [-0.05, 0) is 37.7 Å². The molecular weight excluding hydrogens is 392 g/mol. The second kappa shape index (κ2) is 8.72. The average Bonchev–Trinajstić information content (AvgIpc) is 3.04. The summed E-state index contributed by atoms with van der Waals surface area (Å²) in [7, 11) is 0. The minimum atomic E-state index is 0.228. The van der Waals surface area contributed by atoms with Crippen molar-refractivity contribution in [2.45, 2.75) is 40.5 Å². The van der Waals surface area contributed by atoms with Crippen molar-refractivity contribution in [3.8, 4) is 11.1 Å². The number of anilines is 1. The molecule has 2 atom stereocenters. The Morgan fingerprint density at radius 3 is 2.53 bits per heavy atom. The number of likely N-dealkylation sites (tertiary alicyclic amines) is 1. The first-order valence-electron chi connectivity index (χ1n) is 10.7. The molecule has 1 aliphatic rings. The Morgan fingerprint density at radius 1 is 1.13 bits per heavy atom. The molecule has 0 spiro atoms. The van der Waals surface area contributed by atoms with Gasteiger partial charge in [-0.2, -0.15) is 0 Å². The zero-order valence-corrected chi connectivity index (χ0v) is 19.1. The van der Waals surface area contributed by atoms with E-state index in [1.165, 1.54) is 28.0 Å². The standard InChI is InChI=1S/C24H30N4OS/c1-15-5-7-19(8-6-15)21-18(4)30-24-22(21)23(26-14-27-24)25-10-9-20(29)28-12-16(2)11-17(3)13-28/h5-8,14,16-17H,9-13H2,1-4H3,(H,25,26,27). The molecule has 1 saturated heterocycles. The van der Waals surface area contributed by atoms with Crippen LogP contribution in [0.1, 0.15) is 37.1 Å². The number of fused-ring (bicyclic) bond motifs is 1. The molecule has 0 aliphatic carbocycles. The van der Waals surface area contributed by atoms with E-state index in [0.717, 1.165) is 29.1 Å². The van der Waals surface area contributed by atoms with Gasteiger partial charge < -0.3 is 10.2 Å². The maximum Gasteiger partial charge on any atom is 0.224 e. The van der Waals surface area contributed by atoms with E-state index in [-0.39, 0.29) is 5.91 Å². The van der Waals surface area contributed by atoms with Crippen molar-refractivity contribution < 1.29 is 4.79 Å². The van der Waals surface area contributed by atoms with E-state index in [9.17, 15) is 4.79 Å². The van der Waals surface area contributed by atoms with Gasteiger partial charge in [0, 0.05) is 36.5 Å². The molecule has 2 aromatic heterocycles. The van der Waals surface area contributed by atoms with E-state index in [1.807, 2.05) is 4.90 Å². The Kier molecular flexibility index (Phi) is 6.04. The Balaban J connectivity index is 1.52. The van der Waals surface area contributed by atoms with E-state index in [0.29, 0.717) is 24.8 Å². The third-order valence-corrected chi connectivity index (χ3v) is 6.87. The van der Waals surface area contributed by atoms with Crippen molar-refractivity contribution in [3.05, 3.63) is 41.0 Å². The number of carbonyl (C=O) groups excluding carboxylic acids is 1. The number of nitrogens with one attached hydrogen (secondary N) is 1. The van der Waals surface area contributed by atoms with Crippen LogP contribution in [0.3, 0.4) is 0 Å². The van der Waals surface area contributed by atoms with Crippen molar-refractivity contribution in [2.24, 2.45) is 11.8 Å². The molecule has 30 heavy (non-hydrogen) atoms. The summed E-state index contributed by atoms with van der Waals surface area (Å²) in [6.45, 7) is 11.0. The van der Waals surface area contributed by atoms with Crippen LogP contribution in [0.15, 0.2) is 30.6 Å². The summed E-state index contributed by atoms with van der Waals surface area (Å²) in [6, 6.07) is 8.58. The number of nitrogens with zero attached hydrogens (tertiary/aromatic N) is 3. The van der Waals surface area contributed by atoms with Gasteiger partial charge in [0.25, 0.3) is 0 Å². The van der Waals surface area contributed by atoms with E-state index in [2.05, 4.69) is 67.2 Å². The van der Waals surface area contributed by atoms with Gasteiger partial charge in [-0.1, -0.05) is 43.7 Å². The van der Waals surface area contributed by atoms with E-state index in [1.54, 1.807) is 17.7 Å². The highest BCUT2D eigenvalue weighted by molar-refractivity contribution is 7.19. The number of hydrogen-bond donors (Lipinski definition) is 1. The number of aryl methyl sites for hydroxylation is 2. The molecule has 1 N–H and O–H groups in total. The quantitative estimate of drug-likeness (QED) is 0.608. The number of benzene rings is 1. The van der Waals surface area contributed by atoms with Crippen LogP contribution in [-0.2, 0) is 4.79 Å². The van der Waals surface area contributed by atoms with Crippen LogP contribution in [0.2, 0.25) is 0 Å². The fourth-order valence-corrected chi connectivity index (χ4v) is 5.57. The van der Waals surface area contributed by atoms with Gasteiger partial charge in [0.1, 0.15) is 17.0 Å². The molecule has 0 saturated carbocycles. The van der Waals surface area contributed by atoms with Crippen molar-refractivity contribution in [1.82, 2.24) is 14.9 Å². The van der Waals surface area contributed by atoms with Crippen LogP contribution in [0.4, 0.5) is 5.82 Å². The smallest absolute Gasteiger partial charge is 0.224 e. The maximum atomic E-state index is 12.7. The first kappa shape index (κ1) is 20.8. The predicted octanol–water partition coefficient (Wildman–Crippen LogP) is 5.28. The zero-order chi connectivity index (χ0) is 21.3. The lowest BCUT2D eigenvalue weighted by Gasteiger charge is -2.35. The molecule has 3 aromatic rings. The van der Waals surface area contributed by atoms with Crippen LogP contribution in [0.25, 0.3) is 21.3 Å². The maximum absolute atomic E-state index is 12.7. The summed E-state index contributed by atoms with van der Waals surface area (Å²) < 4.78 is 0. The largest absolute Gasteiger partial charge is 0.369 e. The monoisotopic (exact) mass is 422 g/mol. The van der Waals surface area contributed by atoms with Gasteiger partial charge in [0.05, 0.1) is 5.39 Å². The lowest BCUT2D eigenvalue weighted by Crippen LogP contribution is -2.43. The highest BCUT2D eigenvalue weighted by Crippen LogP contribution is 2.40. The summed E-state index contributed by atoms with van der Waals surface area (Å²) in [5.41, 5.74) is 3.60. The fraction of sp³-hybridized carbons (Fsp3) is 0.458. The molecular formula is C24H30N4OS. The van der Waals surface area contributed by atoms with Crippen LogP contribution < -0.4 is 5.32 Å². The molecule has 1 fully saturated rings. The number of piperidine rings is 1. The second-order valence-electron chi connectivity index (χ2n) is 8.72. The Bertz CT molecular complexity index is 1030. The van der Waals surface area contributed by atoms with Crippen LogP contribution in [0.5, 0.6) is 0 Å².